The largest absolute Gasteiger partial charge is 0.321 e. The van der Waals surface area contributed by atoms with Gasteiger partial charge < -0.3 is 16.0 Å². The third-order valence-electron chi connectivity index (χ3n) is 7.20. The predicted molar refractivity (Wildman–Crippen MR) is 199 cm³/mol. The van der Waals surface area contributed by atoms with E-state index in [1.807, 2.05) is 51.1 Å². The molecule has 244 valence electrons. The number of hydrogen-bond acceptors (Lipinski definition) is 6. The smallest absolute Gasteiger partial charge is 0.272 e. The molecule has 4 aromatic carbocycles. The van der Waals surface area contributed by atoms with Gasteiger partial charge in [0, 0.05) is 42.2 Å². The van der Waals surface area contributed by atoms with Gasteiger partial charge in [0.05, 0.1) is 10.9 Å². The second-order valence-electron chi connectivity index (χ2n) is 10.8. The zero-order valence-electron chi connectivity index (χ0n) is 26.3. The van der Waals surface area contributed by atoms with Crippen molar-refractivity contribution < 1.29 is 14.4 Å². The fraction of sp³-hybridized carbons (Fsp3) is 0.135. The molecule has 0 bridgehead atoms. The van der Waals surface area contributed by atoms with E-state index in [0.29, 0.717) is 38.4 Å². The zero-order valence-corrected chi connectivity index (χ0v) is 29.5. The summed E-state index contributed by atoms with van der Waals surface area (Å²) in [6.45, 7) is 5.97. The van der Waals surface area contributed by atoms with Gasteiger partial charge in [0.1, 0.15) is 5.70 Å². The molecule has 0 fully saturated rings. The van der Waals surface area contributed by atoms with Crippen LogP contribution in [0, 0.1) is 13.8 Å². The molecule has 1 heterocycles. The lowest BCUT2D eigenvalue weighted by Crippen LogP contribution is -2.30. The zero-order chi connectivity index (χ0) is 34.2. The number of halogens is 2. The Balaban J connectivity index is 1.30. The molecule has 5 rings (SSSR count). The van der Waals surface area contributed by atoms with Crippen LogP contribution in [0.15, 0.2) is 108 Å². The third kappa shape index (κ3) is 8.93. The Kier molecular flexibility index (Phi) is 11.7. The van der Waals surface area contributed by atoms with E-state index in [1.165, 1.54) is 34.7 Å². The summed E-state index contributed by atoms with van der Waals surface area (Å²) in [5.74, 6) is -1.21. The summed E-state index contributed by atoms with van der Waals surface area (Å²) in [6.07, 6.45) is 2.01. The molecule has 7 nitrogen and oxygen atoms in total. The number of aryl methyl sites for hydroxylation is 2. The molecule has 5 aromatic rings. The number of nitrogens with one attached hydrogen (secondary N) is 3. The van der Waals surface area contributed by atoms with Crippen LogP contribution in [0.2, 0.25) is 10.0 Å². The van der Waals surface area contributed by atoms with Crippen molar-refractivity contribution in [2.45, 2.75) is 37.3 Å². The number of nitrogens with zero attached hydrogens (tertiary/aromatic N) is 1. The Morgan fingerprint density at radius 1 is 0.875 bits per heavy atom. The fourth-order valence-corrected chi connectivity index (χ4v) is 7.04. The van der Waals surface area contributed by atoms with E-state index in [9.17, 15) is 14.4 Å². The van der Waals surface area contributed by atoms with Gasteiger partial charge >= 0.3 is 0 Å². The SMILES string of the molecule is CCC(Sc1cccc(NC(=O)/C(=C\c2c(Cl)cccc2Cl)NC(=O)c2ccccc2)c1)C(=O)Nc1nc(-c2ccc(C)cc2)c(C)s1. The van der Waals surface area contributed by atoms with Gasteiger partial charge in [-0.05, 0) is 68.8 Å². The van der Waals surface area contributed by atoms with Crippen LogP contribution >= 0.6 is 46.3 Å². The summed E-state index contributed by atoms with van der Waals surface area (Å²) >= 11 is 15.6. The number of aromatic nitrogens is 1. The maximum Gasteiger partial charge on any atom is 0.272 e. The number of anilines is 2. The van der Waals surface area contributed by atoms with Gasteiger partial charge in [0.25, 0.3) is 11.8 Å². The normalized spacial score (nSPS) is 11.9. The van der Waals surface area contributed by atoms with Gasteiger partial charge in [-0.2, -0.15) is 0 Å². The van der Waals surface area contributed by atoms with E-state index >= 15 is 0 Å². The van der Waals surface area contributed by atoms with Crippen LogP contribution in [0.3, 0.4) is 0 Å². The molecule has 48 heavy (non-hydrogen) atoms. The fourth-order valence-electron chi connectivity index (χ4n) is 4.68. The summed E-state index contributed by atoms with van der Waals surface area (Å²) in [7, 11) is 0. The predicted octanol–water partition coefficient (Wildman–Crippen LogP) is 9.65. The number of amides is 3. The Hall–Kier alpha value is -4.41. The quantitative estimate of drug-likeness (QED) is 0.0935. The molecule has 11 heteroatoms. The number of benzene rings is 4. The molecule has 0 radical (unpaired) electrons. The summed E-state index contributed by atoms with van der Waals surface area (Å²) in [6, 6.07) is 28.8. The molecule has 0 aliphatic rings. The minimum absolute atomic E-state index is 0.0496. The molecule has 1 aromatic heterocycles. The third-order valence-corrected chi connectivity index (χ3v) is 10.1. The molecular weight excluding hydrogens is 683 g/mol. The molecule has 3 amide bonds. The molecule has 0 spiro atoms. The lowest BCUT2D eigenvalue weighted by atomic mass is 10.1. The standard InChI is InChI=1S/C37H32Cl2N4O3S2/c1-4-32(36(46)43-37-42-33(23(3)47-37)24-18-16-22(2)17-19-24)48-27-13-8-12-26(20-27)40-35(45)31(21-28-29(38)14-9-15-30(28)39)41-34(44)25-10-6-5-7-11-25/h5-21,32H,4H2,1-3H3,(H,40,45)(H,41,44)(H,42,43,46)/b31-21+. The average molecular weight is 716 g/mol. The highest BCUT2D eigenvalue weighted by Gasteiger charge is 2.22. The Labute approximate surface area is 297 Å². The van der Waals surface area contributed by atoms with Crippen LogP contribution in [0.1, 0.15) is 39.7 Å². The molecule has 1 unspecified atom stereocenters. The minimum atomic E-state index is -0.578. The molecule has 0 saturated heterocycles. The molecule has 0 saturated carbocycles. The summed E-state index contributed by atoms with van der Waals surface area (Å²) in [4.78, 5) is 46.5. The highest BCUT2D eigenvalue weighted by Crippen LogP contribution is 2.33. The van der Waals surface area contributed by atoms with Gasteiger partial charge in [-0.1, -0.05) is 90.3 Å². The van der Waals surface area contributed by atoms with Crippen LogP contribution in [0.5, 0.6) is 0 Å². The van der Waals surface area contributed by atoms with E-state index in [-0.39, 0.29) is 11.6 Å². The monoisotopic (exact) mass is 714 g/mol. The van der Waals surface area contributed by atoms with Crippen molar-refractivity contribution in [2.75, 3.05) is 10.6 Å². The van der Waals surface area contributed by atoms with Crippen LogP contribution in [-0.4, -0.2) is 28.0 Å². The van der Waals surface area contributed by atoms with Gasteiger partial charge in [-0.3, -0.25) is 14.4 Å². The Bertz CT molecular complexity index is 1960. The van der Waals surface area contributed by atoms with E-state index in [0.717, 1.165) is 21.0 Å². The van der Waals surface area contributed by atoms with Crippen molar-refractivity contribution in [3.05, 3.63) is 134 Å². The second-order valence-corrected chi connectivity index (χ2v) is 14.1. The van der Waals surface area contributed by atoms with Gasteiger partial charge in [0.2, 0.25) is 5.91 Å². The van der Waals surface area contributed by atoms with Crippen LogP contribution < -0.4 is 16.0 Å². The van der Waals surface area contributed by atoms with Crippen LogP contribution in [0.4, 0.5) is 10.8 Å². The first-order valence-corrected chi connectivity index (χ1v) is 17.5. The topological polar surface area (TPSA) is 100 Å². The van der Waals surface area contributed by atoms with Crippen molar-refractivity contribution in [3.8, 4) is 11.3 Å². The van der Waals surface area contributed by atoms with E-state index in [2.05, 4.69) is 16.0 Å². The van der Waals surface area contributed by atoms with Crippen molar-refractivity contribution in [1.82, 2.24) is 10.3 Å². The second kappa shape index (κ2) is 16.1. The highest BCUT2D eigenvalue weighted by molar-refractivity contribution is 8.00. The van der Waals surface area contributed by atoms with Crippen molar-refractivity contribution in [2.24, 2.45) is 0 Å². The molecule has 0 aliphatic carbocycles. The van der Waals surface area contributed by atoms with Crippen molar-refractivity contribution >= 4 is 80.9 Å². The van der Waals surface area contributed by atoms with Gasteiger partial charge in [-0.25, -0.2) is 4.98 Å². The summed E-state index contributed by atoms with van der Waals surface area (Å²) < 4.78 is 0. The van der Waals surface area contributed by atoms with E-state index < -0.39 is 17.1 Å². The van der Waals surface area contributed by atoms with Gasteiger partial charge in [-0.15, -0.1) is 23.1 Å². The van der Waals surface area contributed by atoms with Gasteiger partial charge in [0.15, 0.2) is 5.13 Å². The minimum Gasteiger partial charge on any atom is -0.321 e. The average Bonchev–Trinajstić information content (AvgIpc) is 3.44. The maximum atomic E-state index is 13.6. The molecule has 3 N–H and O–H groups in total. The first-order valence-electron chi connectivity index (χ1n) is 15.1. The number of carbonyl (C=O) groups is 3. The van der Waals surface area contributed by atoms with Crippen molar-refractivity contribution in [3.63, 3.8) is 0 Å². The first-order chi connectivity index (χ1) is 23.1. The molecule has 1 atom stereocenters. The lowest BCUT2D eigenvalue weighted by molar-refractivity contribution is -0.116. The number of hydrogen-bond donors (Lipinski definition) is 3. The molecular formula is C37H32Cl2N4O3S2. The Morgan fingerprint density at radius 2 is 1.56 bits per heavy atom. The lowest BCUT2D eigenvalue weighted by Gasteiger charge is -2.15. The molecule has 0 aliphatic heterocycles. The summed E-state index contributed by atoms with van der Waals surface area (Å²) in [5, 5.41) is 9.32. The number of rotatable bonds is 11. The Morgan fingerprint density at radius 3 is 2.25 bits per heavy atom. The number of carbonyl (C=O) groups excluding carboxylic acids is 3. The maximum absolute atomic E-state index is 13.6. The van der Waals surface area contributed by atoms with Crippen LogP contribution in [0.25, 0.3) is 17.3 Å². The van der Waals surface area contributed by atoms with Crippen molar-refractivity contribution in [1.29, 1.82) is 0 Å². The summed E-state index contributed by atoms with van der Waals surface area (Å²) in [5.41, 5.74) is 4.22. The number of thioether (sulfide) groups is 1. The highest BCUT2D eigenvalue weighted by atomic mass is 35.5. The van der Waals surface area contributed by atoms with Crippen LogP contribution in [-0.2, 0) is 9.59 Å². The van der Waals surface area contributed by atoms with E-state index in [4.69, 9.17) is 28.2 Å². The first kappa shape index (κ1) is 34.9. The van der Waals surface area contributed by atoms with E-state index in [1.54, 1.807) is 66.7 Å². The number of thiazole rings is 1.